The van der Waals surface area contributed by atoms with E-state index in [-0.39, 0.29) is 0 Å². The minimum atomic E-state index is 0.440. The van der Waals surface area contributed by atoms with Gasteiger partial charge in [0.1, 0.15) is 0 Å². The van der Waals surface area contributed by atoms with E-state index < -0.39 is 0 Å². The highest BCUT2D eigenvalue weighted by atomic mass is 16.4. The Morgan fingerprint density at radius 1 is 1.89 bits per heavy atom. The molecular formula is C5H7N3O. The third kappa shape index (κ3) is 1.56. The van der Waals surface area contributed by atoms with E-state index in [0.717, 1.165) is 0 Å². The van der Waals surface area contributed by atoms with Crippen molar-refractivity contribution in [2.24, 2.45) is 5.73 Å². The summed E-state index contributed by atoms with van der Waals surface area (Å²) in [7, 11) is 0. The molecule has 4 heteroatoms. The maximum atomic E-state index is 5.32. The average molecular weight is 125 g/mol. The Balaban J connectivity index is 2.80. The molecule has 0 spiro atoms. The molecule has 0 fully saturated rings. The summed E-state index contributed by atoms with van der Waals surface area (Å²) in [6.07, 6.45) is 2.86. The average Bonchev–Trinajstić information content (AvgIpc) is 2.15. The SMILES string of the molecule is C/C(N)=C\c1nnco1. The maximum absolute atomic E-state index is 5.32. The lowest BCUT2D eigenvalue weighted by Crippen LogP contribution is -1.89. The smallest absolute Gasteiger partial charge is 0.241 e. The van der Waals surface area contributed by atoms with E-state index in [1.54, 1.807) is 13.0 Å². The summed E-state index contributed by atoms with van der Waals surface area (Å²) < 4.78 is 4.77. The first kappa shape index (κ1) is 5.81. The first-order chi connectivity index (χ1) is 4.29. The Kier molecular flexibility index (Phi) is 1.48. The van der Waals surface area contributed by atoms with Gasteiger partial charge in [-0.25, -0.2) is 0 Å². The molecule has 4 nitrogen and oxygen atoms in total. The summed E-state index contributed by atoms with van der Waals surface area (Å²) >= 11 is 0. The zero-order valence-electron chi connectivity index (χ0n) is 5.03. The molecule has 0 saturated heterocycles. The molecule has 0 aliphatic heterocycles. The zero-order valence-corrected chi connectivity index (χ0v) is 5.03. The van der Waals surface area contributed by atoms with Crippen molar-refractivity contribution in [2.45, 2.75) is 6.92 Å². The minimum Gasteiger partial charge on any atom is -0.424 e. The van der Waals surface area contributed by atoms with Gasteiger partial charge in [-0.2, -0.15) is 0 Å². The molecular weight excluding hydrogens is 118 g/mol. The molecule has 1 rings (SSSR count). The zero-order chi connectivity index (χ0) is 6.69. The fourth-order valence-corrected chi connectivity index (χ4v) is 0.439. The molecule has 1 heterocycles. The molecule has 0 radical (unpaired) electrons. The number of allylic oxidation sites excluding steroid dienone is 1. The van der Waals surface area contributed by atoms with Crippen LogP contribution in [0.4, 0.5) is 0 Å². The first-order valence-electron chi connectivity index (χ1n) is 2.49. The van der Waals surface area contributed by atoms with Crippen LogP contribution in [0.25, 0.3) is 6.08 Å². The summed E-state index contributed by atoms with van der Waals surface area (Å²) in [5, 5.41) is 7.04. The summed E-state index contributed by atoms with van der Waals surface area (Å²) in [4.78, 5) is 0. The van der Waals surface area contributed by atoms with Crippen molar-refractivity contribution in [3.05, 3.63) is 18.0 Å². The van der Waals surface area contributed by atoms with Gasteiger partial charge in [0.25, 0.3) is 0 Å². The molecule has 1 aromatic rings. The Morgan fingerprint density at radius 3 is 3.11 bits per heavy atom. The van der Waals surface area contributed by atoms with Gasteiger partial charge in [0.15, 0.2) is 0 Å². The van der Waals surface area contributed by atoms with Crippen LogP contribution in [0.2, 0.25) is 0 Å². The van der Waals surface area contributed by atoms with E-state index in [0.29, 0.717) is 11.6 Å². The molecule has 0 aliphatic rings. The van der Waals surface area contributed by atoms with Crippen LogP contribution in [0.5, 0.6) is 0 Å². The summed E-state index contributed by atoms with van der Waals surface area (Å²) in [6.45, 7) is 1.75. The van der Waals surface area contributed by atoms with Crippen LogP contribution in [0.15, 0.2) is 16.5 Å². The van der Waals surface area contributed by atoms with Gasteiger partial charge in [0.2, 0.25) is 12.3 Å². The minimum absolute atomic E-state index is 0.440. The lowest BCUT2D eigenvalue weighted by atomic mass is 10.4. The fraction of sp³-hybridized carbons (Fsp3) is 0.200. The maximum Gasteiger partial charge on any atom is 0.241 e. The standard InChI is InChI=1S/C5H7N3O/c1-4(6)2-5-8-7-3-9-5/h2-3H,6H2,1H3/b4-2+. The van der Waals surface area contributed by atoms with Gasteiger partial charge in [-0.1, -0.05) is 0 Å². The predicted molar refractivity (Wildman–Crippen MR) is 32.1 cm³/mol. The second kappa shape index (κ2) is 2.30. The monoisotopic (exact) mass is 125 g/mol. The topological polar surface area (TPSA) is 64.9 Å². The number of rotatable bonds is 1. The Morgan fingerprint density at radius 2 is 2.67 bits per heavy atom. The summed E-state index contributed by atoms with van der Waals surface area (Å²) in [6, 6.07) is 0. The van der Waals surface area contributed by atoms with Crippen molar-refractivity contribution in [1.82, 2.24) is 10.2 Å². The highest BCUT2D eigenvalue weighted by molar-refractivity contribution is 5.40. The van der Waals surface area contributed by atoms with Crippen LogP contribution in [0.1, 0.15) is 12.8 Å². The van der Waals surface area contributed by atoms with Crippen LogP contribution >= 0.6 is 0 Å². The fourth-order valence-electron chi connectivity index (χ4n) is 0.439. The lowest BCUT2D eigenvalue weighted by Gasteiger charge is -1.82. The highest BCUT2D eigenvalue weighted by Crippen LogP contribution is 1.95. The van der Waals surface area contributed by atoms with E-state index in [1.165, 1.54) is 6.39 Å². The molecule has 1 aromatic heterocycles. The van der Waals surface area contributed by atoms with Crippen LogP contribution in [0.3, 0.4) is 0 Å². The van der Waals surface area contributed by atoms with Gasteiger partial charge in [-0.05, 0) is 6.92 Å². The third-order valence-corrected chi connectivity index (χ3v) is 0.728. The Bertz CT molecular complexity index is 198. The van der Waals surface area contributed by atoms with Crippen molar-refractivity contribution in [3.8, 4) is 0 Å². The highest BCUT2D eigenvalue weighted by Gasteiger charge is 1.89. The third-order valence-electron chi connectivity index (χ3n) is 0.728. The first-order valence-corrected chi connectivity index (χ1v) is 2.49. The molecule has 0 aromatic carbocycles. The van der Waals surface area contributed by atoms with Crippen LogP contribution in [-0.2, 0) is 0 Å². The van der Waals surface area contributed by atoms with Crippen molar-refractivity contribution >= 4 is 6.08 Å². The second-order valence-corrected chi connectivity index (χ2v) is 1.67. The largest absolute Gasteiger partial charge is 0.424 e. The quantitative estimate of drug-likeness (QED) is 0.589. The van der Waals surface area contributed by atoms with Crippen molar-refractivity contribution in [3.63, 3.8) is 0 Å². The molecule has 48 valence electrons. The molecule has 9 heavy (non-hydrogen) atoms. The van der Waals surface area contributed by atoms with Gasteiger partial charge in [-0.3, -0.25) is 0 Å². The van der Waals surface area contributed by atoms with E-state index in [4.69, 9.17) is 10.2 Å². The van der Waals surface area contributed by atoms with Gasteiger partial charge >= 0.3 is 0 Å². The summed E-state index contributed by atoms with van der Waals surface area (Å²) in [5.41, 5.74) is 5.97. The molecule has 0 bridgehead atoms. The van der Waals surface area contributed by atoms with E-state index in [1.807, 2.05) is 0 Å². The van der Waals surface area contributed by atoms with Crippen molar-refractivity contribution < 1.29 is 4.42 Å². The van der Waals surface area contributed by atoms with Crippen LogP contribution in [-0.4, -0.2) is 10.2 Å². The Hall–Kier alpha value is -1.32. The van der Waals surface area contributed by atoms with Crippen LogP contribution < -0.4 is 5.73 Å². The molecule has 0 unspecified atom stereocenters. The molecule has 2 N–H and O–H groups in total. The normalized spacial score (nSPS) is 11.9. The summed E-state index contributed by atoms with van der Waals surface area (Å²) in [5.74, 6) is 0.440. The number of nitrogens with two attached hydrogens (primary N) is 1. The van der Waals surface area contributed by atoms with E-state index in [9.17, 15) is 0 Å². The van der Waals surface area contributed by atoms with Crippen molar-refractivity contribution in [2.75, 3.05) is 0 Å². The van der Waals surface area contributed by atoms with E-state index >= 15 is 0 Å². The number of nitrogens with zero attached hydrogens (tertiary/aromatic N) is 2. The molecule has 0 atom stereocenters. The van der Waals surface area contributed by atoms with Gasteiger partial charge < -0.3 is 10.2 Å². The Labute approximate surface area is 52.4 Å². The number of aromatic nitrogens is 2. The van der Waals surface area contributed by atoms with Gasteiger partial charge in [0.05, 0.1) is 0 Å². The predicted octanol–water partition coefficient (Wildman–Crippen LogP) is 0.389. The molecule has 0 saturated carbocycles. The van der Waals surface area contributed by atoms with Gasteiger partial charge in [-0.15, -0.1) is 10.2 Å². The lowest BCUT2D eigenvalue weighted by molar-refractivity contribution is 0.542. The second-order valence-electron chi connectivity index (χ2n) is 1.67. The van der Waals surface area contributed by atoms with Crippen molar-refractivity contribution in [1.29, 1.82) is 0 Å². The molecule has 0 amide bonds. The van der Waals surface area contributed by atoms with E-state index in [2.05, 4.69) is 10.2 Å². The van der Waals surface area contributed by atoms with Gasteiger partial charge in [0, 0.05) is 11.8 Å². The number of hydrogen-bond donors (Lipinski definition) is 1. The molecule has 0 aliphatic carbocycles. The van der Waals surface area contributed by atoms with Crippen LogP contribution in [0, 0.1) is 0 Å². The number of hydrogen-bond acceptors (Lipinski definition) is 4.